The van der Waals surface area contributed by atoms with Crippen LogP contribution in [0.1, 0.15) is 33.1 Å². The number of amides is 1. The maximum atomic E-state index is 12.3. The third-order valence-electron chi connectivity index (χ3n) is 4.35. The lowest BCUT2D eigenvalue weighted by atomic mass is 10.0. The molecule has 1 aromatic rings. The SMILES string of the molecule is CC1CCCCN1C(=O)COC(=O)[C@H](C)NS(=O)(=O)c1ccc(Cl)c(Cl)c1. The number of benzene rings is 1. The average molecular weight is 437 g/mol. The van der Waals surface area contributed by atoms with Gasteiger partial charge in [0, 0.05) is 12.6 Å². The molecule has 1 fully saturated rings. The Kier molecular flexibility index (Phi) is 7.50. The van der Waals surface area contributed by atoms with Gasteiger partial charge in [-0.15, -0.1) is 0 Å². The summed E-state index contributed by atoms with van der Waals surface area (Å²) in [6.07, 6.45) is 2.90. The van der Waals surface area contributed by atoms with Crippen LogP contribution in [0.15, 0.2) is 23.1 Å². The molecular formula is C17H22Cl2N2O5S. The second-order valence-electron chi connectivity index (χ2n) is 6.46. The van der Waals surface area contributed by atoms with E-state index in [9.17, 15) is 18.0 Å². The van der Waals surface area contributed by atoms with E-state index in [-0.39, 0.29) is 26.9 Å². The van der Waals surface area contributed by atoms with Crippen LogP contribution in [0.3, 0.4) is 0 Å². The normalized spacial score (nSPS) is 18.8. The van der Waals surface area contributed by atoms with Gasteiger partial charge in [-0.1, -0.05) is 23.2 Å². The van der Waals surface area contributed by atoms with Crippen molar-refractivity contribution in [1.82, 2.24) is 9.62 Å². The molecule has 1 unspecified atom stereocenters. The van der Waals surface area contributed by atoms with Crippen molar-refractivity contribution in [1.29, 1.82) is 0 Å². The predicted octanol–water partition coefficient (Wildman–Crippen LogP) is 2.60. The number of hydrogen-bond acceptors (Lipinski definition) is 5. The van der Waals surface area contributed by atoms with Crippen molar-refractivity contribution in [2.24, 2.45) is 0 Å². The summed E-state index contributed by atoms with van der Waals surface area (Å²) < 4.78 is 31.9. The van der Waals surface area contributed by atoms with Gasteiger partial charge in [0.05, 0.1) is 14.9 Å². The molecule has 150 valence electrons. The van der Waals surface area contributed by atoms with E-state index in [2.05, 4.69) is 4.72 Å². The highest BCUT2D eigenvalue weighted by Gasteiger charge is 2.27. The zero-order valence-electron chi connectivity index (χ0n) is 15.1. The van der Waals surface area contributed by atoms with Gasteiger partial charge >= 0.3 is 5.97 Å². The first-order chi connectivity index (χ1) is 12.6. The Morgan fingerprint density at radius 3 is 2.63 bits per heavy atom. The topological polar surface area (TPSA) is 92.8 Å². The Bertz CT molecular complexity index is 816. The molecule has 0 radical (unpaired) electrons. The molecule has 1 amide bonds. The van der Waals surface area contributed by atoms with Crippen LogP contribution < -0.4 is 4.72 Å². The summed E-state index contributed by atoms with van der Waals surface area (Å²) in [4.78, 5) is 25.8. The second-order valence-corrected chi connectivity index (χ2v) is 8.99. The third-order valence-corrected chi connectivity index (χ3v) is 6.63. The summed E-state index contributed by atoms with van der Waals surface area (Å²) in [5.41, 5.74) is 0. The molecule has 1 N–H and O–H groups in total. The highest BCUT2D eigenvalue weighted by Crippen LogP contribution is 2.24. The molecule has 1 heterocycles. The van der Waals surface area contributed by atoms with Gasteiger partial charge in [-0.05, 0) is 51.3 Å². The molecule has 0 spiro atoms. The van der Waals surface area contributed by atoms with Crippen molar-refractivity contribution in [2.45, 2.75) is 50.1 Å². The monoisotopic (exact) mass is 436 g/mol. The molecule has 7 nitrogen and oxygen atoms in total. The fourth-order valence-electron chi connectivity index (χ4n) is 2.80. The number of ether oxygens (including phenoxy) is 1. The van der Waals surface area contributed by atoms with E-state index < -0.39 is 28.6 Å². The zero-order valence-corrected chi connectivity index (χ0v) is 17.4. The number of sulfonamides is 1. The van der Waals surface area contributed by atoms with Crippen LogP contribution in [0.25, 0.3) is 0 Å². The molecule has 1 aromatic carbocycles. The van der Waals surface area contributed by atoms with Crippen molar-refractivity contribution < 1.29 is 22.7 Å². The Morgan fingerprint density at radius 1 is 1.30 bits per heavy atom. The van der Waals surface area contributed by atoms with E-state index in [0.717, 1.165) is 19.3 Å². The number of nitrogens with one attached hydrogen (secondary N) is 1. The van der Waals surface area contributed by atoms with E-state index in [4.69, 9.17) is 27.9 Å². The van der Waals surface area contributed by atoms with Gasteiger partial charge < -0.3 is 9.64 Å². The molecular weight excluding hydrogens is 415 g/mol. The fourth-order valence-corrected chi connectivity index (χ4v) is 4.38. The number of hydrogen-bond donors (Lipinski definition) is 1. The van der Waals surface area contributed by atoms with Gasteiger partial charge in [0.25, 0.3) is 5.91 Å². The van der Waals surface area contributed by atoms with Crippen molar-refractivity contribution in [2.75, 3.05) is 13.2 Å². The van der Waals surface area contributed by atoms with Crippen molar-refractivity contribution in [3.05, 3.63) is 28.2 Å². The van der Waals surface area contributed by atoms with Gasteiger partial charge in [-0.3, -0.25) is 9.59 Å². The largest absolute Gasteiger partial charge is 0.454 e. The van der Waals surface area contributed by atoms with E-state index in [1.165, 1.54) is 25.1 Å². The highest BCUT2D eigenvalue weighted by atomic mass is 35.5. The molecule has 1 aliphatic heterocycles. The number of carbonyl (C=O) groups excluding carboxylic acids is 2. The molecule has 0 aromatic heterocycles. The minimum absolute atomic E-state index is 0.0796. The zero-order chi connectivity index (χ0) is 20.2. The molecule has 27 heavy (non-hydrogen) atoms. The number of halogens is 2. The number of piperidine rings is 1. The molecule has 0 saturated carbocycles. The summed E-state index contributed by atoms with van der Waals surface area (Å²) in [5.74, 6) is -1.12. The second kappa shape index (κ2) is 9.23. The Hall–Kier alpha value is -1.35. The van der Waals surface area contributed by atoms with Gasteiger partial charge in [-0.2, -0.15) is 4.72 Å². The van der Waals surface area contributed by atoms with E-state index in [1.807, 2.05) is 6.92 Å². The van der Waals surface area contributed by atoms with Gasteiger partial charge in [0.15, 0.2) is 6.61 Å². The number of carbonyl (C=O) groups is 2. The average Bonchev–Trinajstić information content (AvgIpc) is 2.61. The van der Waals surface area contributed by atoms with Gasteiger partial charge in [0.2, 0.25) is 10.0 Å². The Balaban J connectivity index is 1.92. The number of likely N-dealkylation sites (tertiary alicyclic amines) is 1. The van der Waals surface area contributed by atoms with Crippen LogP contribution in [-0.4, -0.2) is 50.4 Å². The van der Waals surface area contributed by atoms with Crippen LogP contribution in [0, 0.1) is 0 Å². The van der Waals surface area contributed by atoms with Crippen LogP contribution >= 0.6 is 23.2 Å². The van der Waals surface area contributed by atoms with Crippen LogP contribution in [0.5, 0.6) is 0 Å². The molecule has 0 aliphatic carbocycles. The van der Waals surface area contributed by atoms with E-state index in [1.54, 1.807) is 4.90 Å². The van der Waals surface area contributed by atoms with E-state index in [0.29, 0.717) is 6.54 Å². The summed E-state index contributed by atoms with van der Waals surface area (Å²) in [5, 5.41) is 0.296. The molecule has 0 bridgehead atoms. The number of rotatable bonds is 6. The quantitative estimate of drug-likeness (QED) is 0.691. The Morgan fingerprint density at radius 2 is 2.00 bits per heavy atom. The van der Waals surface area contributed by atoms with E-state index >= 15 is 0 Å². The number of esters is 1. The standard InChI is InChI=1S/C17H22Cl2N2O5S/c1-11-5-3-4-8-21(11)16(22)10-26-17(23)12(2)20-27(24,25)13-6-7-14(18)15(19)9-13/h6-7,9,11-12,20H,3-5,8,10H2,1-2H3/t11?,12-/m0/s1. The smallest absolute Gasteiger partial charge is 0.324 e. The maximum Gasteiger partial charge on any atom is 0.324 e. The summed E-state index contributed by atoms with van der Waals surface area (Å²) in [6, 6.07) is 2.74. The lowest BCUT2D eigenvalue weighted by Gasteiger charge is -2.33. The van der Waals surface area contributed by atoms with Crippen LogP contribution in [0.2, 0.25) is 10.0 Å². The van der Waals surface area contributed by atoms with Crippen molar-refractivity contribution in [3.8, 4) is 0 Å². The summed E-state index contributed by atoms with van der Waals surface area (Å²) in [6.45, 7) is 3.51. The summed E-state index contributed by atoms with van der Waals surface area (Å²) >= 11 is 11.6. The van der Waals surface area contributed by atoms with Gasteiger partial charge in [0.1, 0.15) is 6.04 Å². The number of nitrogens with zero attached hydrogens (tertiary/aromatic N) is 1. The fraction of sp³-hybridized carbons (Fsp3) is 0.529. The Labute approximate surface area is 169 Å². The lowest BCUT2D eigenvalue weighted by molar-refractivity contribution is -0.154. The van der Waals surface area contributed by atoms with Crippen LogP contribution in [0.4, 0.5) is 0 Å². The molecule has 10 heteroatoms. The highest BCUT2D eigenvalue weighted by molar-refractivity contribution is 7.89. The maximum absolute atomic E-state index is 12.3. The summed E-state index contributed by atoms with van der Waals surface area (Å²) in [7, 11) is -4.00. The first-order valence-electron chi connectivity index (χ1n) is 8.55. The first-order valence-corrected chi connectivity index (χ1v) is 10.8. The molecule has 1 aliphatic rings. The van der Waals surface area contributed by atoms with Crippen molar-refractivity contribution >= 4 is 45.1 Å². The molecule has 2 rings (SSSR count). The third kappa shape index (κ3) is 5.81. The van der Waals surface area contributed by atoms with Crippen LogP contribution in [-0.2, 0) is 24.3 Å². The molecule has 2 atom stereocenters. The molecule has 1 saturated heterocycles. The first kappa shape index (κ1) is 21.9. The lowest BCUT2D eigenvalue weighted by Crippen LogP contribution is -2.45. The van der Waals surface area contributed by atoms with Crippen molar-refractivity contribution in [3.63, 3.8) is 0 Å². The minimum Gasteiger partial charge on any atom is -0.454 e. The predicted molar refractivity (Wildman–Crippen MR) is 102 cm³/mol. The minimum atomic E-state index is -4.00. The van der Waals surface area contributed by atoms with Gasteiger partial charge in [-0.25, -0.2) is 8.42 Å².